The highest BCUT2D eigenvalue weighted by molar-refractivity contribution is 5.93. The van der Waals surface area contributed by atoms with Crippen LogP contribution in [-0.2, 0) is 0 Å². The summed E-state index contributed by atoms with van der Waals surface area (Å²) in [5, 5.41) is 12.6. The van der Waals surface area contributed by atoms with Gasteiger partial charge in [-0.15, -0.1) is 0 Å². The molecule has 1 aromatic rings. The molecule has 0 spiro atoms. The van der Waals surface area contributed by atoms with Crippen molar-refractivity contribution in [3.63, 3.8) is 0 Å². The average Bonchev–Trinajstić information content (AvgIpc) is 2.17. The largest absolute Gasteiger partial charge is 0.355 e. The maximum atomic E-state index is 11.0. The molecule has 67 valence electrons. The molecule has 0 aromatic heterocycles. The Morgan fingerprint density at radius 1 is 1.62 bits per heavy atom. The van der Waals surface area contributed by atoms with Crippen molar-refractivity contribution in [2.75, 3.05) is 7.05 Å². The lowest BCUT2D eigenvalue weighted by molar-refractivity contribution is -0.384. The lowest BCUT2D eigenvalue weighted by Gasteiger charge is -1.97. The normalized spacial score (nSPS) is 9.31. The van der Waals surface area contributed by atoms with Gasteiger partial charge in [-0.1, -0.05) is 0 Å². The van der Waals surface area contributed by atoms with Crippen LogP contribution in [0.4, 0.5) is 5.69 Å². The van der Waals surface area contributed by atoms with Gasteiger partial charge in [-0.2, -0.15) is 0 Å². The first-order chi connectivity index (χ1) is 6.15. The van der Waals surface area contributed by atoms with Gasteiger partial charge in [-0.05, 0) is 6.07 Å². The minimum Gasteiger partial charge on any atom is -0.355 e. The molecule has 0 aliphatic carbocycles. The number of nitro benzene ring substituents is 1. The van der Waals surface area contributed by atoms with Crippen molar-refractivity contribution in [1.82, 2.24) is 5.32 Å². The molecule has 0 aliphatic heterocycles. The Balaban J connectivity index is 2.93. The van der Waals surface area contributed by atoms with Gasteiger partial charge in [-0.3, -0.25) is 14.9 Å². The SMILES string of the molecule is CNC(=O)c1[c]cc([N+](=O)[O-])cc1. The molecule has 0 aliphatic rings. The van der Waals surface area contributed by atoms with Crippen molar-refractivity contribution < 1.29 is 9.72 Å². The van der Waals surface area contributed by atoms with Crippen molar-refractivity contribution in [2.45, 2.75) is 0 Å². The molecule has 5 nitrogen and oxygen atoms in total. The zero-order valence-electron chi connectivity index (χ0n) is 6.90. The Labute approximate surface area is 74.5 Å². The average molecular weight is 179 g/mol. The highest BCUT2D eigenvalue weighted by Gasteiger charge is 2.07. The van der Waals surface area contributed by atoms with E-state index in [0.717, 1.165) is 0 Å². The molecule has 1 N–H and O–H groups in total. The third-order valence-electron chi connectivity index (χ3n) is 1.48. The van der Waals surface area contributed by atoms with Crippen LogP contribution in [0.3, 0.4) is 0 Å². The Morgan fingerprint density at radius 3 is 2.69 bits per heavy atom. The number of rotatable bonds is 2. The summed E-state index contributed by atoms with van der Waals surface area (Å²) in [7, 11) is 1.48. The van der Waals surface area contributed by atoms with Gasteiger partial charge in [0.2, 0.25) is 0 Å². The lowest BCUT2D eigenvalue weighted by atomic mass is 10.2. The molecule has 0 bridgehead atoms. The van der Waals surface area contributed by atoms with E-state index < -0.39 is 4.92 Å². The Bertz CT molecular complexity index is 332. The number of non-ortho nitro benzene ring substituents is 1. The van der Waals surface area contributed by atoms with Crippen molar-refractivity contribution >= 4 is 11.6 Å². The van der Waals surface area contributed by atoms with Crippen LogP contribution in [0.5, 0.6) is 0 Å². The van der Waals surface area contributed by atoms with Gasteiger partial charge in [0.1, 0.15) is 0 Å². The van der Waals surface area contributed by atoms with E-state index in [2.05, 4.69) is 11.4 Å². The molecule has 0 saturated heterocycles. The summed E-state index contributed by atoms with van der Waals surface area (Å²) in [5.74, 6) is -0.310. The maximum absolute atomic E-state index is 11.0. The molecule has 0 heterocycles. The molecule has 1 amide bonds. The predicted molar refractivity (Wildman–Crippen MR) is 45.3 cm³/mol. The number of nitrogens with one attached hydrogen (secondary N) is 1. The second-order valence-corrected chi connectivity index (χ2v) is 2.30. The molecule has 5 heteroatoms. The van der Waals surface area contributed by atoms with Gasteiger partial charge in [0.15, 0.2) is 0 Å². The van der Waals surface area contributed by atoms with E-state index in [1.54, 1.807) is 0 Å². The monoisotopic (exact) mass is 179 g/mol. The van der Waals surface area contributed by atoms with Crippen LogP contribution < -0.4 is 5.32 Å². The van der Waals surface area contributed by atoms with E-state index in [-0.39, 0.29) is 17.2 Å². The number of carbonyl (C=O) groups excluding carboxylic acids is 1. The summed E-state index contributed by atoms with van der Waals surface area (Å²) in [5.41, 5.74) is 0.209. The maximum Gasteiger partial charge on any atom is 0.270 e. The van der Waals surface area contributed by atoms with Crippen LogP contribution in [0.15, 0.2) is 18.2 Å². The molecule has 0 saturated carbocycles. The quantitative estimate of drug-likeness (QED) is 0.538. The molecule has 0 atom stereocenters. The molecular weight excluding hydrogens is 172 g/mol. The van der Waals surface area contributed by atoms with Gasteiger partial charge in [0.25, 0.3) is 11.6 Å². The first kappa shape index (κ1) is 9.18. The molecule has 1 rings (SSSR count). The Morgan fingerprint density at radius 2 is 2.31 bits per heavy atom. The third kappa shape index (κ3) is 2.02. The second-order valence-electron chi connectivity index (χ2n) is 2.30. The van der Waals surface area contributed by atoms with Crippen LogP contribution in [-0.4, -0.2) is 17.9 Å². The van der Waals surface area contributed by atoms with E-state index in [4.69, 9.17) is 0 Å². The summed E-state index contributed by atoms with van der Waals surface area (Å²) < 4.78 is 0. The van der Waals surface area contributed by atoms with Gasteiger partial charge in [-0.25, -0.2) is 0 Å². The Kier molecular flexibility index (Phi) is 2.59. The van der Waals surface area contributed by atoms with Crippen LogP contribution in [0.1, 0.15) is 10.4 Å². The molecule has 13 heavy (non-hydrogen) atoms. The zero-order valence-corrected chi connectivity index (χ0v) is 6.90. The number of amides is 1. The van der Waals surface area contributed by atoms with E-state index >= 15 is 0 Å². The van der Waals surface area contributed by atoms with E-state index in [9.17, 15) is 14.9 Å². The van der Waals surface area contributed by atoms with Crippen LogP contribution in [0.2, 0.25) is 0 Å². The van der Waals surface area contributed by atoms with Crippen molar-refractivity contribution in [1.29, 1.82) is 0 Å². The highest BCUT2D eigenvalue weighted by atomic mass is 16.6. The Hall–Kier alpha value is -1.91. The van der Waals surface area contributed by atoms with Gasteiger partial charge < -0.3 is 5.32 Å². The number of benzene rings is 1. The minimum atomic E-state index is -0.538. The third-order valence-corrected chi connectivity index (χ3v) is 1.48. The van der Waals surface area contributed by atoms with Gasteiger partial charge >= 0.3 is 0 Å². The molecular formula is C8H7N2O3. The number of nitrogens with zero attached hydrogens (tertiary/aromatic N) is 1. The summed E-state index contributed by atoms with van der Waals surface area (Å²) in [6.45, 7) is 0. The topological polar surface area (TPSA) is 72.2 Å². The number of nitro groups is 1. The predicted octanol–water partition coefficient (Wildman–Crippen LogP) is 0.755. The fourth-order valence-electron chi connectivity index (χ4n) is 0.806. The van der Waals surface area contributed by atoms with E-state index in [1.165, 1.54) is 25.2 Å². The van der Waals surface area contributed by atoms with Gasteiger partial charge in [0.05, 0.1) is 4.92 Å². The van der Waals surface area contributed by atoms with E-state index in [1.807, 2.05) is 0 Å². The second kappa shape index (κ2) is 3.66. The summed E-state index contributed by atoms with van der Waals surface area (Å²) >= 11 is 0. The molecule has 1 aromatic carbocycles. The minimum absolute atomic E-state index is 0.0762. The number of hydrogen-bond acceptors (Lipinski definition) is 3. The molecule has 0 unspecified atom stereocenters. The van der Waals surface area contributed by atoms with Crippen molar-refractivity contribution in [2.24, 2.45) is 0 Å². The summed E-state index contributed by atoms with van der Waals surface area (Å²) in [6.07, 6.45) is 0. The highest BCUT2D eigenvalue weighted by Crippen LogP contribution is 2.10. The van der Waals surface area contributed by atoms with Crippen LogP contribution in [0, 0.1) is 16.2 Å². The zero-order chi connectivity index (χ0) is 9.84. The smallest absolute Gasteiger partial charge is 0.270 e. The first-order valence-corrected chi connectivity index (χ1v) is 3.53. The van der Waals surface area contributed by atoms with E-state index in [0.29, 0.717) is 0 Å². The lowest BCUT2D eigenvalue weighted by Crippen LogP contribution is -2.17. The van der Waals surface area contributed by atoms with Crippen molar-refractivity contribution in [3.8, 4) is 0 Å². The van der Waals surface area contributed by atoms with Gasteiger partial charge in [0, 0.05) is 30.8 Å². The number of hydrogen-bond donors (Lipinski definition) is 1. The summed E-state index contributed by atoms with van der Waals surface area (Å²) in [4.78, 5) is 20.7. The molecule has 1 radical (unpaired) electrons. The van der Waals surface area contributed by atoms with Crippen LogP contribution in [0.25, 0.3) is 0 Å². The fourth-order valence-corrected chi connectivity index (χ4v) is 0.806. The number of carbonyl (C=O) groups is 1. The van der Waals surface area contributed by atoms with Crippen molar-refractivity contribution in [3.05, 3.63) is 39.9 Å². The summed E-state index contributed by atoms with van der Waals surface area (Å²) in [6, 6.07) is 6.31. The first-order valence-electron chi connectivity index (χ1n) is 3.53. The fraction of sp³-hybridized carbons (Fsp3) is 0.125. The standard InChI is InChI=1S/C8H7N2O3/c1-9-8(11)6-2-4-7(5-3-6)10(12)13/h2,4-5H,1H3,(H,9,11). The van der Waals surface area contributed by atoms with Crippen LogP contribution >= 0.6 is 0 Å². The molecule has 0 fully saturated rings.